The van der Waals surface area contributed by atoms with Gasteiger partial charge in [-0.05, 0) is 78.1 Å². The van der Waals surface area contributed by atoms with E-state index < -0.39 is 32.2 Å². The summed E-state index contributed by atoms with van der Waals surface area (Å²) in [5.74, 6) is 0.189. The van der Waals surface area contributed by atoms with Crippen LogP contribution in [0.4, 0.5) is 15.3 Å². The highest BCUT2D eigenvalue weighted by molar-refractivity contribution is 8.30. The second-order valence-corrected chi connectivity index (χ2v) is 13.4. The first kappa shape index (κ1) is 28.6. The van der Waals surface area contributed by atoms with E-state index in [-0.39, 0.29) is 17.4 Å². The van der Waals surface area contributed by atoms with Crippen molar-refractivity contribution in [1.29, 1.82) is 0 Å². The molecule has 7 nitrogen and oxygen atoms in total. The molecule has 0 unspecified atom stereocenters. The molecule has 2 amide bonds. The molecule has 0 aliphatic rings. The van der Waals surface area contributed by atoms with Gasteiger partial charge in [-0.2, -0.15) is 4.90 Å². The summed E-state index contributed by atoms with van der Waals surface area (Å²) in [6.45, 7) is 16.0. The molecule has 2 rings (SSSR count). The van der Waals surface area contributed by atoms with Crippen LogP contribution in [-0.2, 0) is 29.4 Å². The number of carbonyl (C=O) groups excluding carboxylic acids is 2. The van der Waals surface area contributed by atoms with E-state index in [1.807, 2.05) is 20.8 Å². The minimum Gasteiger partial charge on any atom is -0.443 e. The van der Waals surface area contributed by atoms with E-state index in [1.165, 1.54) is 6.07 Å². The number of hydrogen-bond acceptors (Lipinski definition) is 7. The lowest BCUT2D eigenvalue weighted by atomic mass is 10.0. The Kier molecular flexibility index (Phi) is 8.61. The molecule has 192 valence electrons. The minimum atomic E-state index is -3.34. The van der Waals surface area contributed by atoms with Crippen LogP contribution >= 0.6 is 0 Å². The Morgan fingerprint density at radius 1 is 0.886 bits per heavy atom. The molecule has 0 saturated carbocycles. The fourth-order valence-corrected chi connectivity index (χ4v) is 4.48. The molecule has 0 fully saturated rings. The third kappa shape index (κ3) is 8.21. The summed E-state index contributed by atoms with van der Waals surface area (Å²) in [5, 5.41) is 0. The Morgan fingerprint density at radius 2 is 1.37 bits per heavy atom. The van der Waals surface area contributed by atoms with Crippen LogP contribution in [-0.4, -0.2) is 27.6 Å². The van der Waals surface area contributed by atoms with Crippen LogP contribution in [0.15, 0.2) is 47.4 Å². The predicted octanol–water partition coefficient (Wildman–Crippen LogP) is 6.89. The van der Waals surface area contributed by atoms with E-state index in [0.29, 0.717) is 10.5 Å². The molecule has 9 heteroatoms. The smallest absolute Gasteiger partial charge is 0.424 e. The Morgan fingerprint density at radius 3 is 1.80 bits per heavy atom. The molecule has 0 radical (unpaired) electrons. The molecule has 0 saturated heterocycles. The number of rotatable bonds is 5. The van der Waals surface area contributed by atoms with Gasteiger partial charge >= 0.3 is 12.2 Å². The molecular weight excluding hydrogens is 486 g/mol. The second kappa shape index (κ2) is 10.5. The highest BCUT2D eigenvalue weighted by Gasteiger charge is 2.33. The van der Waals surface area contributed by atoms with E-state index in [9.17, 15) is 13.8 Å². The lowest BCUT2D eigenvalue weighted by Crippen LogP contribution is -2.43. The third-order valence-corrected chi connectivity index (χ3v) is 6.57. The molecule has 2 aromatic carbocycles. The third-order valence-electron chi connectivity index (χ3n) is 4.54. The Hall–Kier alpha value is -2.65. The molecule has 0 heterocycles. The Labute approximate surface area is 213 Å². The summed E-state index contributed by atoms with van der Waals surface area (Å²) in [5.41, 5.74) is 0.145. The lowest BCUT2D eigenvalue weighted by molar-refractivity contribution is 0.0430. The SMILES string of the molecule is Cc1ccc([S@@](=O)(=S)Oc2cc(N(C(=O)OC(C)(C)C)C(=O)OC(C)(C)C)ccc2C(C)C)cc1. The van der Waals surface area contributed by atoms with E-state index in [2.05, 4.69) is 0 Å². The van der Waals surface area contributed by atoms with Crippen molar-refractivity contribution in [3.8, 4) is 5.75 Å². The first-order valence-corrected chi connectivity index (χ1v) is 13.7. The molecule has 1 atom stereocenters. The van der Waals surface area contributed by atoms with Crippen LogP contribution in [0.3, 0.4) is 0 Å². The molecule has 0 N–H and O–H groups in total. The van der Waals surface area contributed by atoms with E-state index in [4.69, 9.17) is 24.8 Å². The van der Waals surface area contributed by atoms with Crippen LogP contribution in [0, 0.1) is 6.92 Å². The van der Waals surface area contributed by atoms with Gasteiger partial charge in [-0.3, -0.25) is 0 Å². The molecule has 35 heavy (non-hydrogen) atoms. The van der Waals surface area contributed by atoms with Crippen LogP contribution in [0.2, 0.25) is 0 Å². The van der Waals surface area contributed by atoms with Gasteiger partial charge in [0.1, 0.15) is 17.0 Å². The number of amides is 2. The van der Waals surface area contributed by atoms with Crippen molar-refractivity contribution < 1.29 is 27.5 Å². The normalized spacial score (nSPS) is 13.7. The summed E-state index contributed by atoms with van der Waals surface area (Å²) < 4.78 is 30.2. The van der Waals surface area contributed by atoms with E-state index >= 15 is 0 Å². The van der Waals surface area contributed by atoms with Crippen molar-refractivity contribution in [1.82, 2.24) is 0 Å². The maximum Gasteiger partial charge on any atom is 0.424 e. The summed E-state index contributed by atoms with van der Waals surface area (Å²) in [7, 11) is -3.34. The lowest BCUT2D eigenvalue weighted by Gasteiger charge is -2.29. The van der Waals surface area contributed by atoms with Crippen molar-refractivity contribution in [2.45, 2.75) is 84.3 Å². The van der Waals surface area contributed by atoms with Gasteiger partial charge in [-0.25, -0.2) is 13.8 Å². The van der Waals surface area contributed by atoms with Gasteiger partial charge in [0.25, 0.3) is 0 Å². The van der Waals surface area contributed by atoms with Gasteiger partial charge in [-0.15, -0.1) is 0 Å². The monoisotopic (exact) mass is 521 g/mol. The zero-order chi connectivity index (χ0) is 26.8. The van der Waals surface area contributed by atoms with Gasteiger partial charge in [0.2, 0.25) is 8.77 Å². The van der Waals surface area contributed by atoms with E-state index in [0.717, 1.165) is 10.5 Å². The second-order valence-electron chi connectivity index (χ2n) is 10.5. The van der Waals surface area contributed by atoms with Crippen molar-refractivity contribution in [2.75, 3.05) is 4.90 Å². The van der Waals surface area contributed by atoms with Crippen LogP contribution in [0.5, 0.6) is 5.75 Å². The summed E-state index contributed by atoms with van der Waals surface area (Å²) in [4.78, 5) is 27.2. The first-order valence-electron chi connectivity index (χ1n) is 11.3. The van der Waals surface area contributed by atoms with Gasteiger partial charge in [0.05, 0.1) is 10.6 Å². The van der Waals surface area contributed by atoms with Crippen LogP contribution in [0.1, 0.15) is 72.4 Å². The predicted molar refractivity (Wildman–Crippen MR) is 141 cm³/mol. The van der Waals surface area contributed by atoms with Crippen molar-refractivity contribution in [3.05, 3.63) is 53.6 Å². The van der Waals surface area contributed by atoms with E-state index in [1.54, 1.807) is 77.9 Å². The molecule has 0 aromatic heterocycles. The van der Waals surface area contributed by atoms with Crippen molar-refractivity contribution in [3.63, 3.8) is 0 Å². The topological polar surface area (TPSA) is 82.1 Å². The molecular formula is C26H35NO6S2. The highest BCUT2D eigenvalue weighted by Crippen LogP contribution is 2.34. The molecule has 0 bridgehead atoms. The summed E-state index contributed by atoms with van der Waals surface area (Å²) >= 11 is 5.35. The fourth-order valence-electron chi connectivity index (χ4n) is 2.98. The van der Waals surface area contributed by atoms with Crippen molar-refractivity contribution in [2.24, 2.45) is 0 Å². The standard InChI is InChI=1S/C26H35NO6S2/c1-17(2)21-15-12-19(16-22(21)33-35(30,34)20-13-10-18(3)11-14-20)27(23(28)31-25(4,5)6)24(29)32-26(7,8)9/h10-17H,1-9H3/t35-/m0/s1. The number of imide groups is 1. The van der Waals surface area contributed by atoms with Crippen LogP contribution < -0.4 is 9.08 Å². The first-order chi connectivity index (χ1) is 15.9. The highest BCUT2D eigenvalue weighted by atomic mass is 32.8. The Bertz CT molecular complexity index is 1150. The molecule has 0 aliphatic carbocycles. The number of aryl methyl sites for hydroxylation is 1. The Balaban J connectivity index is 2.59. The molecule has 0 aliphatic heterocycles. The number of nitrogens with zero attached hydrogens (tertiary/aromatic N) is 1. The fraction of sp³-hybridized carbons (Fsp3) is 0.462. The zero-order valence-corrected chi connectivity index (χ0v) is 23.5. The summed E-state index contributed by atoms with van der Waals surface area (Å²) in [6.07, 6.45) is -1.82. The average Bonchev–Trinajstić information content (AvgIpc) is 2.65. The van der Waals surface area contributed by atoms with Gasteiger partial charge in [0.15, 0.2) is 0 Å². The average molecular weight is 522 g/mol. The number of ether oxygens (including phenoxy) is 2. The quantitative estimate of drug-likeness (QED) is 0.423. The molecule has 2 aromatic rings. The number of carbonyl (C=O) groups is 2. The van der Waals surface area contributed by atoms with Gasteiger partial charge in [-0.1, -0.05) is 37.6 Å². The summed E-state index contributed by atoms with van der Waals surface area (Å²) in [6, 6.07) is 11.7. The number of anilines is 1. The number of benzene rings is 2. The largest absolute Gasteiger partial charge is 0.443 e. The van der Waals surface area contributed by atoms with Gasteiger partial charge < -0.3 is 13.7 Å². The van der Waals surface area contributed by atoms with Gasteiger partial charge in [0, 0.05) is 17.3 Å². The number of hydrogen-bond donors (Lipinski definition) is 0. The zero-order valence-electron chi connectivity index (χ0n) is 21.8. The molecule has 0 spiro atoms. The minimum absolute atomic E-state index is 0.0150. The maximum absolute atomic E-state index is 13.4. The maximum atomic E-state index is 13.4. The van der Waals surface area contributed by atoms with Crippen molar-refractivity contribution >= 4 is 37.8 Å². The van der Waals surface area contributed by atoms with Crippen LogP contribution in [0.25, 0.3) is 0 Å².